The number of nitrogens with zero attached hydrogens (tertiary/aromatic N) is 1. The zero-order valence-electron chi connectivity index (χ0n) is 12.5. The standard InChI is InChI=1S/C16H23N3OS/c1-20-15-12-8-7-11-14(15)17-16(21)19-18-13-9-5-3-2-4-6-10-13/h7-8,11-12H,2-6,9-10H2,1H3,(H2,17,19,21). The number of para-hydroxylation sites is 2. The molecular weight excluding hydrogens is 282 g/mol. The SMILES string of the molecule is COc1ccccc1NC(=S)NN=C1CCCCCCC1. The molecule has 1 aliphatic rings. The van der Waals surface area contributed by atoms with E-state index in [-0.39, 0.29) is 0 Å². The Labute approximate surface area is 132 Å². The summed E-state index contributed by atoms with van der Waals surface area (Å²) in [4.78, 5) is 0. The fourth-order valence-electron chi connectivity index (χ4n) is 2.45. The Balaban J connectivity index is 1.88. The lowest BCUT2D eigenvalue weighted by atomic mass is 9.99. The van der Waals surface area contributed by atoms with Gasteiger partial charge in [-0.15, -0.1) is 0 Å². The third-order valence-corrected chi connectivity index (χ3v) is 3.79. The van der Waals surface area contributed by atoms with Crippen molar-refractivity contribution >= 4 is 28.7 Å². The molecule has 21 heavy (non-hydrogen) atoms. The predicted octanol–water partition coefficient (Wildman–Crippen LogP) is 4.08. The van der Waals surface area contributed by atoms with E-state index in [2.05, 4.69) is 15.8 Å². The summed E-state index contributed by atoms with van der Waals surface area (Å²) in [6.45, 7) is 0. The fraction of sp³-hybridized carbons (Fsp3) is 0.500. The third-order valence-electron chi connectivity index (χ3n) is 3.60. The van der Waals surface area contributed by atoms with Gasteiger partial charge in [-0.2, -0.15) is 5.10 Å². The van der Waals surface area contributed by atoms with Gasteiger partial charge in [-0.05, 0) is 50.0 Å². The minimum atomic E-state index is 0.494. The minimum absolute atomic E-state index is 0.494. The summed E-state index contributed by atoms with van der Waals surface area (Å²) in [6.07, 6.45) is 8.58. The first-order valence-electron chi connectivity index (χ1n) is 7.55. The van der Waals surface area contributed by atoms with E-state index < -0.39 is 0 Å². The summed E-state index contributed by atoms with van der Waals surface area (Å²) in [5.74, 6) is 0.764. The van der Waals surface area contributed by atoms with Crippen molar-refractivity contribution in [1.82, 2.24) is 5.43 Å². The van der Waals surface area contributed by atoms with Crippen LogP contribution in [0.5, 0.6) is 5.75 Å². The number of hydrogen-bond acceptors (Lipinski definition) is 3. The zero-order chi connectivity index (χ0) is 14.9. The van der Waals surface area contributed by atoms with E-state index in [9.17, 15) is 0 Å². The molecule has 0 heterocycles. The van der Waals surface area contributed by atoms with Crippen LogP contribution >= 0.6 is 12.2 Å². The Morgan fingerprint density at radius 2 is 1.76 bits per heavy atom. The monoisotopic (exact) mass is 305 g/mol. The van der Waals surface area contributed by atoms with Crippen molar-refractivity contribution in [3.8, 4) is 5.75 Å². The number of ether oxygens (including phenoxy) is 1. The fourth-order valence-corrected chi connectivity index (χ4v) is 2.61. The minimum Gasteiger partial charge on any atom is -0.495 e. The average Bonchev–Trinajstić information content (AvgIpc) is 2.46. The number of hydrogen-bond donors (Lipinski definition) is 2. The summed E-state index contributed by atoms with van der Waals surface area (Å²) >= 11 is 5.29. The first-order chi connectivity index (χ1) is 10.3. The number of rotatable bonds is 3. The molecule has 0 atom stereocenters. The summed E-state index contributed by atoms with van der Waals surface area (Å²) in [7, 11) is 1.64. The molecule has 0 unspecified atom stereocenters. The van der Waals surface area contributed by atoms with Gasteiger partial charge in [-0.3, -0.25) is 5.43 Å². The molecule has 0 aliphatic heterocycles. The number of benzene rings is 1. The Hall–Kier alpha value is -1.62. The molecule has 1 saturated carbocycles. The molecule has 0 bridgehead atoms. The number of nitrogens with one attached hydrogen (secondary N) is 2. The molecule has 1 fully saturated rings. The zero-order valence-corrected chi connectivity index (χ0v) is 13.3. The second kappa shape index (κ2) is 8.62. The molecule has 1 aliphatic carbocycles. The van der Waals surface area contributed by atoms with Gasteiger partial charge in [-0.25, -0.2) is 0 Å². The van der Waals surface area contributed by atoms with Gasteiger partial charge in [0, 0.05) is 5.71 Å². The van der Waals surface area contributed by atoms with E-state index in [1.807, 2.05) is 24.3 Å². The second-order valence-electron chi connectivity index (χ2n) is 5.21. The lowest BCUT2D eigenvalue weighted by Crippen LogP contribution is -2.25. The Morgan fingerprint density at radius 3 is 2.48 bits per heavy atom. The van der Waals surface area contributed by atoms with Crippen LogP contribution in [0.2, 0.25) is 0 Å². The number of methoxy groups -OCH3 is 1. The van der Waals surface area contributed by atoms with Crippen molar-refractivity contribution < 1.29 is 4.74 Å². The maximum absolute atomic E-state index is 5.29. The van der Waals surface area contributed by atoms with Crippen molar-refractivity contribution in [3.63, 3.8) is 0 Å². The van der Waals surface area contributed by atoms with Crippen LogP contribution in [-0.2, 0) is 0 Å². The van der Waals surface area contributed by atoms with Crippen LogP contribution in [0, 0.1) is 0 Å². The molecule has 2 rings (SSSR count). The molecule has 1 aromatic rings. The number of hydrazone groups is 1. The lowest BCUT2D eigenvalue weighted by Gasteiger charge is -2.13. The Morgan fingerprint density at radius 1 is 1.10 bits per heavy atom. The molecule has 2 N–H and O–H groups in total. The van der Waals surface area contributed by atoms with Gasteiger partial charge < -0.3 is 10.1 Å². The van der Waals surface area contributed by atoms with Crippen LogP contribution < -0.4 is 15.5 Å². The largest absolute Gasteiger partial charge is 0.495 e. The topological polar surface area (TPSA) is 45.6 Å². The third kappa shape index (κ3) is 5.34. The van der Waals surface area contributed by atoms with Crippen molar-refractivity contribution in [3.05, 3.63) is 24.3 Å². The van der Waals surface area contributed by atoms with E-state index in [0.29, 0.717) is 5.11 Å². The van der Waals surface area contributed by atoms with Crippen LogP contribution in [0.4, 0.5) is 5.69 Å². The first kappa shape index (κ1) is 15.8. The van der Waals surface area contributed by atoms with Crippen LogP contribution in [0.15, 0.2) is 29.4 Å². The highest BCUT2D eigenvalue weighted by atomic mass is 32.1. The normalized spacial score (nSPS) is 15.6. The number of thiocarbonyl (C=S) groups is 1. The van der Waals surface area contributed by atoms with Crippen molar-refractivity contribution in [2.75, 3.05) is 12.4 Å². The van der Waals surface area contributed by atoms with Gasteiger partial charge in [0.15, 0.2) is 5.11 Å². The molecule has 114 valence electrons. The van der Waals surface area contributed by atoms with Crippen molar-refractivity contribution in [1.29, 1.82) is 0 Å². The summed E-state index contributed by atoms with van der Waals surface area (Å²) < 4.78 is 5.29. The molecule has 0 radical (unpaired) electrons. The van der Waals surface area contributed by atoms with Gasteiger partial charge in [0.05, 0.1) is 12.8 Å². The Kier molecular flexibility index (Phi) is 6.47. The van der Waals surface area contributed by atoms with Gasteiger partial charge >= 0.3 is 0 Å². The molecule has 0 amide bonds. The maximum Gasteiger partial charge on any atom is 0.191 e. The van der Waals surface area contributed by atoms with E-state index >= 15 is 0 Å². The van der Waals surface area contributed by atoms with Gasteiger partial charge in [-0.1, -0.05) is 31.4 Å². The second-order valence-corrected chi connectivity index (χ2v) is 5.62. The average molecular weight is 305 g/mol. The molecule has 0 spiro atoms. The van der Waals surface area contributed by atoms with Crippen LogP contribution in [-0.4, -0.2) is 17.9 Å². The van der Waals surface area contributed by atoms with Gasteiger partial charge in [0.25, 0.3) is 0 Å². The van der Waals surface area contributed by atoms with Crippen LogP contribution in [0.1, 0.15) is 44.9 Å². The van der Waals surface area contributed by atoms with E-state index in [0.717, 1.165) is 24.3 Å². The summed E-state index contributed by atoms with van der Waals surface area (Å²) in [5.41, 5.74) is 5.02. The van der Waals surface area contributed by atoms with Crippen LogP contribution in [0.3, 0.4) is 0 Å². The molecule has 0 aromatic heterocycles. The quantitative estimate of drug-likeness (QED) is 0.652. The summed E-state index contributed by atoms with van der Waals surface area (Å²) in [6, 6.07) is 7.69. The highest BCUT2D eigenvalue weighted by Gasteiger charge is 2.06. The van der Waals surface area contributed by atoms with E-state index in [1.165, 1.54) is 37.8 Å². The lowest BCUT2D eigenvalue weighted by molar-refractivity contribution is 0.417. The smallest absolute Gasteiger partial charge is 0.191 e. The molecule has 1 aromatic carbocycles. The van der Waals surface area contributed by atoms with Crippen molar-refractivity contribution in [2.45, 2.75) is 44.9 Å². The van der Waals surface area contributed by atoms with Gasteiger partial charge in [0.1, 0.15) is 5.75 Å². The highest BCUT2D eigenvalue weighted by Crippen LogP contribution is 2.22. The van der Waals surface area contributed by atoms with E-state index in [4.69, 9.17) is 17.0 Å². The molecule has 5 heteroatoms. The predicted molar refractivity (Wildman–Crippen MR) is 92.1 cm³/mol. The highest BCUT2D eigenvalue weighted by molar-refractivity contribution is 7.80. The van der Waals surface area contributed by atoms with E-state index in [1.54, 1.807) is 7.11 Å². The van der Waals surface area contributed by atoms with Gasteiger partial charge in [0.2, 0.25) is 0 Å². The summed E-state index contributed by atoms with van der Waals surface area (Å²) in [5, 5.41) is 8.07. The first-order valence-corrected chi connectivity index (χ1v) is 7.96. The molecule has 4 nitrogen and oxygen atoms in total. The van der Waals surface area contributed by atoms with Crippen molar-refractivity contribution in [2.24, 2.45) is 5.10 Å². The van der Waals surface area contributed by atoms with Crippen LogP contribution in [0.25, 0.3) is 0 Å². The maximum atomic E-state index is 5.29. The number of anilines is 1. The molecule has 0 saturated heterocycles. The Bertz CT molecular complexity index is 492. The molecular formula is C16H23N3OS.